The zero-order chi connectivity index (χ0) is 8.27. The van der Waals surface area contributed by atoms with Crippen LogP contribution in [0.5, 0.6) is 0 Å². The summed E-state index contributed by atoms with van der Waals surface area (Å²) in [6.07, 6.45) is 0.966. The summed E-state index contributed by atoms with van der Waals surface area (Å²) in [5.74, 6) is 0.0459. The van der Waals surface area contributed by atoms with Gasteiger partial charge >= 0.3 is 0 Å². The molecule has 1 aliphatic heterocycles. The zero-order valence-corrected chi connectivity index (χ0v) is 6.89. The van der Waals surface area contributed by atoms with Crippen molar-refractivity contribution in [2.75, 3.05) is 20.7 Å². The second-order valence-corrected chi connectivity index (χ2v) is 2.67. The van der Waals surface area contributed by atoms with E-state index in [1.54, 1.807) is 14.2 Å². The summed E-state index contributed by atoms with van der Waals surface area (Å²) in [4.78, 5) is 11.0. The fraction of sp³-hybridized carbons (Fsp3) is 0.857. The lowest BCUT2D eigenvalue weighted by Crippen LogP contribution is -2.38. The van der Waals surface area contributed by atoms with Crippen LogP contribution >= 0.6 is 0 Å². The molecule has 4 heteroatoms. The molecule has 0 spiro atoms. The van der Waals surface area contributed by atoms with Gasteiger partial charge in [0.2, 0.25) is 5.91 Å². The molecule has 1 amide bonds. The number of carbonyl (C=O) groups excluding carboxylic acids is 1. The minimum absolute atomic E-state index is 0.0459. The highest BCUT2D eigenvalue weighted by Gasteiger charge is 2.28. The van der Waals surface area contributed by atoms with Crippen LogP contribution in [-0.4, -0.2) is 38.8 Å². The van der Waals surface area contributed by atoms with Crippen LogP contribution in [0.15, 0.2) is 0 Å². The highest BCUT2D eigenvalue weighted by molar-refractivity contribution is 5.81. The van der Waals surface area contributed by atoms with Crippen LogP contribution in [0.2, 0.25) is 0 Å². The molecule has 0 aromatic heterocycles. The molecule has 4 nitrogen and oxygen atoms in total. The number of methoxy groups -OCH3 is 1. The molecule has 2 N–H and O–H groups in total. The zero-order valence-electron chi connectivity index (χ0n) is 6.89. The quantitative estimate of drug-likeness (QED) is 0.548. The molecule has 1 rings (SSSR count). The van der Waals surface area contributed by atoms with E-state index in [4.69, 9.17) is 4.74 Å². The van der Waals surface area contributed by atoms with E-state index in [0.29, 0.717) is 0 Å². The van der Waals surface area contributed by atoms with Crippen molar-refractivity contribution >= 4 is 5.91 Å². The number of carbonyl (C=O) groups is 1. The molecule has 2 atom stereocenters. The normalized spacial score (nSPS) is 30.4. The number of nitrogens with one attached hydrogen (secondary N) is 2. The predicted octanol–water partition coefficient (Wildman–Crippen LogP) is -0.891. The first-order chi connectivity index (χ1) is 5.27. The van der Waals surface area contributed by atoms with Gasteiger partial charge in [-0.05, 0) is 6.42 Å². The van der Waals surface area contributed by atoms with Gasteiger partial charge in [0.1, 0.15) is 0 Å². The van der Waals surface area contributed by atoms with E-state index < -0.39 is 0 Å². The second kappa shape index (κ2) is 3.69. The Labute approximate surface area is 66.3 Å². The highest BCUT2D eigenvalue weighted by Crippen LogP contribution is 2.08. The molecule has 0 radical (unpaired) electrons. The number of likely N-dealkylation sites (N-methyl/N-ethyl adjacent to an activating group) is 1. The van der Waals surface area contributed by atoms with E-state index in [2.05, 4.69) is 10.6 Å². The topological polar surface area (TPSA) is 50.4 Å². The van der Waals surface area contributed by atoms with Crippen molar-refractivity contribution in [2.24, 2.45) is 0 Å². The number of hydrogen-bond donors (Lipinski definition) is 2. The SMILES string of the molecule is CNC(=O)[C@H]1C[C@H](OC)CN1. The molecule has 0 saturated carbocycles. The monoisotopic (exact) mass is 158 g/mol. The first kappa shape index (κ1) is 8.49. The summed E-state index contributed by atoms with van der Waals surface area (Å²) in [5.41, 5.74) is 0. The summed E-state index contributed by atoms with van der Waals surface area (Å²) in [5, 5.41) is 5.67. The van der Waals surface area contributed by atoms with Crippen molar-refractivity contribution in [3.05, 3.63) is 0 Å². The maximum atomic E-state index is 11.0. The number of hydrogen-bond acceptors (Lipinski definition) is 3. The van der Waals surface area contributed by atoms with Gasteiger partial charge in [0.15, 0.2) is 0 Å². The van der Waals surface area contributed by atoms with Gasteiger partial charge in [-0.3, -0.25) is 4.79 Å². The van der Waals surface area contributed by atoms with Crippen molar-refractivity contribution in [3.63, 3.8) is 0 Å². The molecular formula is C7H14N2O2. The third-order valence-electron chi connectivity index (χ3n) is 1.99. The molecule has 1 aliphatic rings. The summed E-state index contributed by atoms with van der Waals surface area (Å²) >= 11 is 0. The van der Waals surface area contributed by atoms with Crippen LogP contribution < -0.4 is 10.6 Å². The first-order valence-corrected chi connectivity index (χ1v) is 3.75. The summed E-state index contributed by atoms with van der Waals surface area (Å²) in [7, 11) is 3.31. The van der Waals surface area contributed by atoms with E-state index in [1.807, 2.05) is 0 Å². The molecular weight excluding hydrogens is 144 g/mol. The number of rotatable bonds is 2. The van der Waals surface area contributed by atoms with E-state index in [1.165, 1.54) is 0 Å². The van der Waals surface area contributed by atoms with Crippen LogP contribution in [0.3, 0.4) is 0 Å². The lowest BCUT2D eigenvalue weighted by atomic mass is 10.2. The van der Waals surface area contributed by atoms with Gasteiger partial charge < -0.3 is 15.4 Å². The minimum atomic E-state index is -0.0649. The predicted molar refractivity (Wildman–Crippen MR) is 41.3 cm³/mol. The van der Waals surface area contributed by atoms with E-state index in [9.17, 15) is 4.79 Å². The van der Waals surface area contributed by atoms with E-state index in [0.717, 1.165) is 13.0 Å². The van der Waals surface area contributed by atoms with Crippen molar-refractivity contribution in [1.29, 1.82) is 0 Å². The lowest BCUT2D eigenvalue weighted by Gasteiger charge is -2.07. The van der Waals surface area contributed by atoms with Gasteiger partial charge in [-0.2, -0.15) is 0 Å². The van der Waals surface area contributed by atoms with Gasteiger partial charge in [-0.25, -0.2) is 0 Å². The van der Waals surface area contributed by atoms with Crippen LogP contribution in [0, 0.1) is 0 Å². The summed E-state index contributed by atoms with van der Waals surface area (Å²) in [6.45, 7) is 0.772. The molecule has 64 valence electrons. The minimum Gasteiger partial charge on any atom is -0.380 e. The maximum Gasteiger partial charge on any atom is 0.236 e. The van der Waals surface area contributed by atoms with Crippen molar-refractivity contribution in [3.8, 4) is 0 Å². The summed E-state index contributed by atoms with van der Waals surface area (Å²) < 4.78 is 5.09. The van der Waals surface area contributed by atoms with Crippen molar-refractivity contribution < 1.29 is 9.53 Å². The Morgan fingerprint density at radius 3 is 2.91 bits per heavy atom. The van der Waals surface area contributed by atoms with Gasteiger partial charge in [0, 0.05) is 20.7 Å². The highest BCUT2D eigenvalue weighted by atomic mass is 16.5. The fourth-order valence-electron chi connectivity index (χ4n) is 1.26. The van der Waals surface area contributed by atoms with Crippen LogP contribution in [-0.2, 0) is 9.53 Å². The second-order valence-electron chi connectivity index (χ2n) is 2.67. The Hall–Kier alpha value is -0.610. The molecule has 1 saturated heterocycles. The van der Waals surface area contributed by atoms with E-state index in [-0.39, 0.29) is 18.1 Å². The van der Waals surface area contributed by atoms with Gasteiger partial charge in [0.25, 0.3) is 0 Å². The van der Waals surface area contributed by atoms with Crippen LogP contribution in [0.4, 0.5) is 0 Å². The Kier molecular flexibility index (Phi) is 2.84. The lowest BCUT2D eigenvalue weighted by molar-refractivity contribution is -0.122. The van der Waals surface area contributed by atoms with Gasteiger partial charge in [0.05, 0.1) is 12.1 Å². The van der Waals surface area contributed by atoms with Crippen LogP contribution in [0.1, 0.15) is 6.42 Å². The Morgan fingerprint density at radius 1 is 1.73 bits per heavy atom. The van der Waals surface area contributed by atoms with Crippen molar-refractivity contribution in [2.45, 2.75) is 18.6 Å². The third kappa shape index (κ3) is 1.91. The molecule has 0 aliphatic carbocycles. The number of ether oxygens (including phenoxy) is 1. The third-order valence-corrected chi connectivity index (χ3v) is 1.99. The largest absolute Gasteiger partial charge is 0.380 e. The molecule has 1 heterocycles. The average molecular weight is 158 g/mol. The Morgan fingerprint density at radius 2 is 2.45 bits per heavy atom. The molecule has 0 aromatic carbocycles. The van der Waals surface area contributed by atoms with E-state index >= 15 is 0 Å². The number of amides is 1. The van der Waals surface area contributed by atoms with Gasteiger partial charge in [-0.1, -0.05) is 0 Å². The molecule has 0 unspecified atom stereocenters. The molecule has 1 fully saturated rings. The fourth-order valence-corrected chi connectivity index (χ4v) is 1.26. The Balaban J connectivity index is 2.35. The van der Waals surface area contributed by atoms with Gasteiger partial charge in [-0.15, -0.1) is 0 Å². The molecule has 0 bridgehead atoms. The Bertz CT molecular complexity index is 149. The summed E-state index contributed by atoms with van der Waals surface area (Å²) in [6, 6.07) is -0.0649. The van der Waals surface area contributed by atoms with Crippen LogP contribution in [0.25, 0.3) is 0 Å². The molecule has 11 heavy (non-hydrogen) atoms. The van der Waals surface area contributed by atoms with Crippen molar-refractivity contribution in [1.82, 2.24) is 10.6 Å². The standard InChI is InChI=1S/C7H14N2O2/c1-8-7(10)6-3-5(11-2)4-9-6/h5-6,9H,3-4H2,1-2H3,(H,8,10)/t5-,6+/m0/s1. The first-order valence-electron chi connectivity index (χ1n) is 3.75. The maximum absolute atomic E-state index is 11.0. The average Bonchev–Trinajstić information content (AvgIpc) is 2.50. The smallest absolute Gasteiger partial charge is 0.236 e. The molecule has 0 aromatic rings.